The van der Waals surface area contributed by atoms with E-state index in [0.717, 1.165) is 38.5 Å². The largest absolute Gasteiger partial charge is 0.354 e. The number of pyridine rings is 1. The summed E-state index contributed by atoms with van der Waals surface area (Å²) in [7, 11) is 4.26. The molecule has 0 N–H and O–H groups in total. The molecule has 100 valence electrons. The topological polar surface area (TPSA) is 22.6 Å². The summed E-state index contributed by atoms with van der Waals surface area (Å²) in [5.41, 5.74) is 1.23. The Morgan fingerprint density at radius 1 is 1.17 bits per heavy atom. The first-order chi connectivity index (χ1) is 8.65. The number of nitrogens with zero attached hydrogens (tertiary/aromatic N) is 4. The van der Waals surface area contributed by atoms with E-state index in [-0.39, 0.29) is 0 Å². The summed E-state index contributed by atoms with van der Waals surface area (Å²) in [6.45, 7) is 8.85. The molecule has 1 fully saturated rings. The summed E-state index contributed by atoms with van der Waals surface area (Å²) in [4.78, 5) is 11.7. The molecule has 0 atom stereocenters. The van der Waals surface area contributed by atoms with Gasteiger partial charge in [0.1, 0.15) is 5.82 Å². The fourth-order valence-corrected chi connectivity index (χ4v) is 2.19. The summed E-state index contributed by atoms with van der Waals surface area (Å²) in [5.74, 6) is 1.12. The molecule has 2 rings (SSSR count). The van der Waals surface area contributed by atoms with Crippen molar-refractivity contribution in [2.75, 3.05) is 58.3 Å². The molecular weight excluding hydrogens is 224 g/mol. The molecule has 1 aromatic rings. The predicted octanol–water partition coefficient (Wildman–Crippen LogP) is 1.07. The van der Waals surface area contributed by atoms with Gasteiger partial charge in [-0.2, -0.15) is 0 Å². The molecule has 0 aliphatic carbocycles. The Morgan fingerprint density at radius 3 is 2.44 bits per heavy atom. The Kier molecular flexibility index (Phi) is 4.55. The lowest BCUT2D eigenvalue weighted by Gasteiger charge is -2.35. The van der Waals surface area contributed by atoms with Crippen molar-refractivity contribution >= 4 is 5.82 Å². The van der Waals surface area contributed by atoms with Gasteiger partial charge in [0, 0.05) is 45.5 Å². The summed E-state index contributed by atoms with van der Waals surface area (Å²) in [5, 5.41) is 0. The van der Waals surface area contributed by atoms with Crippen molar-refractivity contribution in [1.82, 2.24) is 14.8 Å². The van der Waals surface area contributed by atoms with Gasteiger partial charge in [-0.25, -0.2) is 4.98 Å². The molecule has 0 bridgehead atoms. The van der Waals surface area contributed by atoms with E-state index in [2.05, 4.69) is 52.8 Å². The van der Waals surface area contributed by atoms with E-state index in [1.54, 1.807) is 0 Å². The third kappa shape index (κ3) is 3.68. The summed E-state index contributed by atoms with van der Waals surface area (Å²) >= 11 is 0. The highest BCUT2D eigenvalue weighted by Crippen LogP contribution is 2.13. The van der Waals surface area contributed by atoms with Crippen LogP contribution >= 0.6 is 0 Å². The number of rotatable bonds is 4. The van der Waals surface area contributed by atoms with Crippen molar-refractivity contribution in [1.29, 1.82) is 0 Å². The third-order valence-corrected chi connectivity index (χ3v) is 3.46. The van der Waals surface area contributed by atoms with Crippen molar-refractivity contribution < 1.29 is 0 Å². The van der Waals surface area contributed by atoms with Crippen molar-refractivity contribution in [3.63, 3.8) is 0 Å². The zero-order valence-corrected chi connectivity index (χ0v) is 11.8. The Morgan fingerprint density at radius 2 is 1.89 bits per heavy atom. The first-order valence-electron chi connectivity index (χ1n) is 6.70. The van der Waals surface area contributed by atoms with Gasteiger partial charge in [0.25, 0.3) is 0 Å². The Hall–Kier alpha value is -1.13. The van der Waals surface area contributed by atoms with Gasteiger partial charge in [-0.15, -0.1) is 0 Å². The van der Waals surface area contributed by atoms with Crippen LogP contribution in [0.3, 0.4) is 0 Å². The van der Waals surface area contributed by atoms with E-state index in [1.165, 1.54) is 12.1 Å². The number of hydrogen-bond donors (Lipinski definition) is 0. The van der Waals surface area contributed by atoms with E-state index in [9.17, 15) is 0 Å². The highest BCUT2D eigenvalue weighted by molar-refractivity contribution is 5.39. The fraction of sp³-hybridized carbons (Fsp3) is 0.643. The Labute approximate surface area is 110 Å². The van der Waals surface area contributed by atoms with E-state index in [0.29, 0.717) is 0 Å². The number of anilines is 1. The molecule has 1 aliphatic rings. The smallest absolute Gasteiger partial charge is 0.128 e. The maximum Gasteiger partial charge on any atom is 0.128 e. The van der Waals surface area contributed by atoms with Crippen molar-refractivity contribution in [3.8, 4) is 0 Å². The first-order valence-corrected chi connectivity index (χ1v) is 6.70. The van der Waals surface area contributed by atoms with Crippen molar-refractivity contribution in [3.05, 3.63) is 23.9 Å². The molecule has 18 heavy (non-hydrogen) atoms. The molecule has 1 aromatic heterocycles. The second-order valence-electron chi connectivity index (χ2n) is 5.33. The molecule has 0 saturated carbocycles. The number of likely N-dealkylation sites (N-methyl/N-ethyl adjacent to an activating group) is 1. The molecule has 4 nitrogen and oxygen atoms in total. The van der Waals surface area contributed by atoms with Gasteiger partial charge >= 0.3 is 0 Å². The van der Waals surface area contributed by atoms with Crippen molar-refractivity contribution in [2.24, 2.45) is 0 Å². The Bertz CT molecular complexity index is 353. The monoisotopic (exact) mass is 248 g/mol. The summed E-state index contributed by atoms with van der Waals surface area (Å²) in [6, 6.07) is 4.27. The minimum atomic E-state index is 1.09. The molecule has 1 saturated heterocycles. The average Bonchev–Trinajstić information content (AvgIpc) is 2.38. The van der Waals surface area contributed by atoms with E-state index < -0.39 is 0 Å². The van der Waals surface area contributed by atoms with E-state index in [1.807, 2.05) is 6.20 Å². The lowest BCUT2D eigenvalue weighted by molar-refractivity contribution is 0.229. The molecule has 1 aliphatic heterocycles. The lowest BCUT2D eigenvalue weighted by atomic mass is 10.2. The third-order valence-electron chi connectivity index (χ3n) is 3.46. The van der Waals surface area contributed by atoms with E-state index >= 15 is 0 Å². The molecule has 0 aromatic carbocycles. The van der Waals surface area contributed by atoms with Crippen LogP contribution in [0.15, 0.2) is 18.3 Å². The Balaban J connectivity index is 1.81. The highest BCUT2D eigenvalue weighted by atomic mass is 15.3. The van der Waals surface area contributed by atoms with Gasteiger partial charge in [-0.3, -0.25) is 4.90 Å². The van der Waals surface area contributed by atoms with Crippen molar-refractivity contribution in [2.45, 2.75) is 6.92 Å². The van der Waals surface area contributed by atoms with Gasteiger partial charge in [0.15, 0.2) is 0 Å². The quantitative estimate of drug-likeness (QED) is 0.795. The van der Waals surface area contributed by atoms with Gasteiger partial charge in [-0.1, -0.05) is 6.07 Å². The number of hydrogen-bond acceptors (Lipinski definition) is 4. The highest BCUT2D eigenvalue weighted by Gasteiger charge is 2.17. The fourth-order valence-electron chi connectivity index (χ4n) is 2.19. The van der Waals surface area contributed by atoms with Crippen LogP contribution in [0.1, 0.15) is 5.56 Å². The molecule has 0 radical (unpaired) electrons. The number of aromatic nitrogens is 1. The molecule has 0 unspecified atom stereocenters. The van der Waals surface area contributed by atoms with Gasteiger partial charge in [0.2, 0.25) is 0 Å². The molecule has 4 heteroatoms. The normalized spacial score (nSPS) is 17.4. The molecule has 0 amide bonds. The zero-order chi connectivity index (χ0) is 13.0. The van der Waals surface area contributed by atoms with Gasteiger partial charge in [-0.05, 0) is 32.6 Å². The minimum absolute atomic E-state index is 1.09. The van der Waals surface area contributed by atoms with Crippen LogP contribution in [0, 0.1) is 6.92 Å². The van der Waals surface area contributed by atoms with Crippen LogP contribution in [-0.4, -0.2) is 68.1 Å². The molecule has 2 heterocycles. The minimum Gasteiger partial charge on any atom is -0.354 e. The van der Waals surface area contributed by atoms with Crippen LogP contribution in [0.2, 0.25) is 0 Å². The van der Waals surface area contributed by atoms with Crippen LogP contribution in [-0.2, 0) is 0 Å². The average molecular weight is 248 g/mol. The molecular formula is C14H24N4. The predicted molar refractivity (Wildman–Crippen MR) is 76.2 cm³/mol. The van der Waals surface area contributed by atoms with Gasteiger partial charge < -0.3 is 9.80 Å². The van der Waals surface area contributed by atoms with E-state index in [4.69, 9.17) is 0 Å². The standard InChI is InChI=1S/C14H24N4/c1-13-4-5-14(15-12-13)18-10-8-17(9-11-18)7-6-16(2)3/h4-5,12H,6-11H2,1-3H3. The number of piperazine rings is 1. The van der Waals surface area contributed by atoms with Crippen LogP contribution in [0.25, 0.3) is 0 Å². The van der Waals surface area contributed by atoms with Crippen LogP contribution in [0.5, 0.6) is 0 Å². The second-order valence-corrected chi connectivity index (χ2v) is 5.33. The maximum atomic E-state index is 4.50. The summed E-state index contributed by atoms with van der Waals surface area (Å²) < 4.78 is 0. The number of aryl methyl sites for hydroxylation is 1. The zero-order valence-electron chi connectivity index (χ0n) is 11.8. The SMILES string of the molecule is Cc1ccc(N2CCN(CCN(C)C)CC2)nc1. The van der Waals surface area contributed by atoms with Crippen LogP contribution in [0.4, 0.5) is 5.82 Å². The first kappa shape index (κ1) is 13.3. The maximum absolute atomic E-state index is 4.50. The van der Waals surface area contributed by atoms with Crippen LogP contribution < -0.4 is 4.90 Å². The van der Waals surface area contributed by atoms with Gasteiger partial charge in [0.05, 0.1) is 0 Å². The molecule has 0 spiro atoms. The second kappa shape index (κ2) is 6.16. The summed E-state index contributed by atoms with van der Waals surface area (Å²) in [6.07, 6.45) is 1.95. The lowest BCUT2D eigenvalue weighted by Crippen LogP contribution is -2.48.